The number of H-pyrrole nitrogens is 1. The number of amides is 1. The van der Waals surface area contributed by atoms with Crippen LogP contribution >= 0.6 is 0 Å². The smallest absolute Gasteiger partial charge is 0.237 e. The van der Waals surface area contributed by atoms with Gasteiger partial charge in [0.15, 0.2) is 0 Å². The lowest BCUT2D eigenvalue weighted by atomic mass is 10.0. The van der Waals surface area contributed by atoms with Crippen molar-refractivity contribution in [2.75, 3.05) is 6.54 Å². The third-order valence-electron chi connectivity index (χ3n) is 6.07. The first kappa shape index (κ1) is 21.9. The van der Waals surface area contributed by atoms with E-state index in [9.17, 15) is 9.18 Å². The van der Waals surface area contributed by atoms with E-state index in [-0.39, 0.29) is 11.7 Å². The SMILES string of the molecule is O=C(NCCc1ccccc1F)C(Cc1c[nH]c2ccccc12)NCc1cc2ccccc2o1. The van der Waals surface area contributed by atoms with Crippen LogP contribution in [-0.2, 0) is 24.2 Å². The van der Waals surface area contributed by atoms with Crippen molar-refractivity contribution in [3.05, 3.63) is 108 Å². The second-order valence-electron chi connectivity index (χ2n) is 8.38. The zero-order valence-electron chi connectivity index (χ0n) is 18.7. The van der Waals surface area contributed by atoms with E-state index >= 15 is 0 Å². The lowest BCUT2D eigenvalue weighted by Crippen LogP contribution is -2.45. The molecule has 5 nitrogen and oxygen atoms in total. The molecule has 6 heteroatoms. The van der Waals surface area contributed by atoms with Gasteiger partial charge >= 0.3 is 0 Å². The summed E-state index contributed by atoms with van der Waals surface area (Å²) in [4.78, 5) is 16.4. The van der Waals surface area contributed by atoms with E-state index < -0.39 is 6.04 Å². The summed E-state index contributed by atoms with van der Waals surface area (Å²) in [5, 5.41) is 8.46. The van der Waals surface area contributed by atoms with E-state index in [4.69, 9.17) is 4.42 Å². The zero-order chi connectivity index (χ0) is 23.3. The van der Waals surface area contributed by atoms with Crippen molar-refractivity contribution in [2.45, 2.75) is 25.4 Å². The summed E-state index contributed by atoms with van der Waals surface area (Å²) >= 11 is 0. The highest BCUT2D eigenvalue weighted by Crippen LogP contribution is 2.21. The molecule has 1 atom stereocenters. The summed E-state index contributed by atoms with van der Waals surface area (Å²) in [6, 6.07) is 24.0. The van der Waals surface area contributed by atoms with Gasteiger partial charge in [-0.25, -0.2) is 4.39 Å². The third kappa shape index (κ3) is 4.87. The molecular formula is C28H26FN3O2. The first-order valence-corrected chi connectivity index (χ1v) is 11.4. The number of rotatable bonds is 9. The molecule has 5 rings (SSSR count). The fraction of sp³-hybridized carbons (Fsp3) is 0.179. The second-order valence-corrected chi connectivity index (χ2v) is 8.38. The lowest BCUT2D eigenvalue weighted by Gasteiger charge is -2.18. The molecule has 2 aromatic heterocycles. The van der Waals surface area contributed by atoms with Crippen LogP contribution in [0.2, 0.25) is 0 Å². The van der Waals surface area contributed by atoms with E-state index in [2.05, 4.69) is 15.6 Å². The molecule has 0 fully saturated rings. The van der Waals surface area contributed by atoms with Crippen LogP contribution in [0.4, 0.5) is 4.39 Å². The van der Waals surface area contributed by atoms with Gasteiger partial charge in [-0.3, -0.25) is 10.1 Å². The maximum atomic E-state index is 13.9. The number of carbonyl (C=O) groups is 1. The minimum atomic E-state index is -0.479. The molecule has 0 spiro atoms. The fourth-order valence-corrected chi connectivity index (χ4v) is 4.27. The summed E-state index contributed by atoms with van der Waals surface area (Å²) < 4.78 is 19.8. The number of fused-ring (bicyclic) bond motifs is 2. The van der Waals surface area contributed by atoms with Crippen molar-refractivity contribution in [1.29, 1.82) is 0 Å². The first-order valence-electron chi connectivity index (χ1n) is 11.4. The maximum Gasteiger partial charge on any atom is 0.237 e. The summed E-state index contributed by atoms with van der Waals surface area (Å²) in [5.74, 6) is 0.386. The molecule has 1 unspecified atom stereocenters. The summed E-state index contributed by atoms with van der Waals surface area (Å²) in [7, 11) is 0. The average Bonchev–Trinajstić information content (AvgIpc) is 3.46. The van der Waals surface area contributed by atoms with Crippen LogP contribution in [0.25, 0.3) is 21.9 Å². The second kappa shape index (κ2) is 9.93. The Bertz CT molecular complexity index is 1390. The molecule has 1 amide bonds. The van der Waals surface area contributed by atoms with Crippen molar-refractivity contribution in [3.8, 4) is 0 Å². The number of carbonyl (C=O) groups excluding carboxylic acids is 1. The Hall–Kier alpha value is -3.90. The molecule has 34 heavy (non-hydrogen) atoms. The van der Waals surface area contributed by atoms with Crippen LogP contribution in [0.15, 0.2) is 89.5 Å². The molecule has 0 saturated carbocycles. The Morgan fingerprint density at radius 2 is 1.76 bits per heavy atom. The van der Waals surface area contributed by atoms with Crippen LogP contribution in [0.1, 0.15) is 16.9 Å². The monoisotopic (exact) mass is 455 g/mol. The molecule has 0 aliphatic rings. The Labute approximate surface area is 197 Å². The molecule has 172 valence electrons. The highest BCUT2D eigenvalue weighted by Gasteiger charge is 2.21. The maximum absolute atomic E-state index is 13.9. The summed E-state index contributed by atoms with van der Waals surface area (Å²) in [6.45, 7) is 0.777. The molecule has 5 aromatic rings. The number of para-hydroxylation sites is 2. The van der Waals surface area contributed by atoms with Crippen molar-refractivity contribution < 1.29 is 13.6 Å². The van der Waals surface area contributed by atoms with Gasteiger partial charge in [-0.15, -0.1) is 0 Å². The van der Waals surface area contributed by atoms with Gasteiger partial charge in [0.05, 0.1) is 12.6 Å². The normalized spacial score (nSPS) is 12.3. The Kier molecular flexibility index (Phi) is 6.40. The van der Waals surface area contributed by atoms with Crippen LogP contribution in [-0.4, -0.2) is 23.5 Å². The van der Waals surface area contributed by atoms with E-state index in [0.29, 0.717) is 31.5 Å². The van der Waals surface area contributed by atoms with Crippen molar-refractivity contribution in [3.63, 3.8) is 0 Å². The fourth-order valence-electron chi connectivity index (χ4n) is 4.27. The van der Waals surface area contributed by atoms with Gasteiger partial charge in [0.25, 0.3) is 0 Å². The van der Waals surface area contributed by atoms with Crippen LogP contribution < -0.4 is 10.6 Å². The number of nitrogens with one attached hydrogen (secondary N) is 3. The molecular weight excluding hydrogens is 429 g/mol. The van der Waals surface area contributed by atoms with Crippen molar-refractivity contribution in [2.24, 2.45) is 0 Å². The molecule has 3 aromatic carbocycles. The molecule has 0 aliphatic heterocycles. The van der Waals surface area contributed by atoms with Crippen LogP contribution in [0.5, 0.6) is 0 Å². The van der Waals surface area contributed by atoms with Gasteiger partial charge in [-0.1, -0.05) is 54.6 Å². The van der Waals surface area contributed by atoms with Crippen LogP contribution in [0, 0.1) is 5.82 Å². The minimum Gasteiger partial charge on any atom is -0.460 e. The largest absolute Gasteiger partial charge is 0.460 e. The highest BCUT2D eigenvalue weighted by atomic mass is 19.1. The lowest BCUT2D eigenvalue weighted by molar-refractivity contribution is -0.123. The summed E-state index contributed by atoms with van der Waals surface area (Å²) in [6.07, 6.45) is 2.89. The highest BCUT2D eigenvalue weighted by molar-refractivity contribution is 5.86. The van der Waals surface area contributed by atoms with Gasteiger partial charge in [0.1, 0.15) is 17.2 Å². The molecule has 0 saturated heterocycles. The number of furan rings is 1. The third-order valence-corrected chi connectivity index (χ3v) is 6.07. The van der Waals surface area contributed by atoms with E-state index in [1.54, 1.807) is 18.2 Å². The standard InChI is InChI=1S/C28H26FN3O2/c29-24-10-4-1-7-19(24)13-14-30-28(33)26(16-21-17-31-25-11-5-3-9-23(21)25)32-18-22-15-20-8-2-6-12-27(20)34-22/h1-12,15,17,26,31-32H,13-14,16,18H2,(H,30,33). The first-order chi connectivity index (χ1) is 16.7. The minimum absolute atomic E-state index is 0.127. The molecule has 0 radical (unpaired) electrons. The number of aromatic amines is 1. The Morgan fingerprint density at radius 3 is 2.65 bits per heavy atom. The van der Waals surface area contributed by atoms with Gasteiger partial charge < -0.3 is 14.7 Å². The topological polar surface area (TPSA) is 70.1 Å². The van der Waals surface area contributed by atoms with Crippen molar-refractivity contribution in [1.82, 2.24) is 15.6 Å². The predicted molar refractivity (Wildman–Crippen MR) is 132 cm³/mol. The van der Waals surface area contributed by atoms with Gasteiger partial charge in [0.2, 0.25) is 5.91 Å². The Morgan fingerprint density at radius 1 is 0.971 bits per heavy atom. The summed E-state index contributed by atoms with van der Waals surface area (Å²) in [5.41, 5.74) is 3.50. The number of hydrogen-bond acceptors (Lipinski definition) is 3. The van der Waals surface area contributed by atoms with E-state index in [0.717, 1.165) is 33.2 Å². The molecule has 0 bridgehead atoms. The van der Waals surface area contributed by atoms with E-state index in [1.807, 2.05) is 60.8 Å². The molecule has 0 aliphatic carbocycles. The van der Waals surface area contributed by atoms with Crippen LogP contribution in [0.3, 0.4) is 0 Å². The zero-order valence-corrected chi connectivity index (χ0v) is 18.7. The molecule has 2 heterocycles. The van der Waals surface area contributed by atoms with Crippen molar-refractivity contribution >= 4 is 27.8 Å². The van der Waals surface area contributed by atoms with Gasteiger partial charge in [0, 0.05) is 29.0 Å². The number of hydrogen-bond donors (Lipinski definition) is 3. The average molecular weight is 456 g/mol. The predicted octanol–water partition coefficient (Wildman–Crippen LogP) is 5.11. The quantitative estimate of drug-likeness (QED) is 0.289. The van der Waals surface area contributed by atoms with Gasteiger partial charge in [-0.2, -0.15) is 0 Å². The Balaban J connectivity index is 1.30. The van der Waals surface area contributed by atoms with E-state index in [1.165, 1.54) is 6.07 Å². The number of halogens is 1. The molecule has 3 N–H and O–H groups in total. The van der Waals surface area contributed by atoms with Gasteiger partial charge in [-0.05, 0) is 48.2 Å². The number of aromatic nitrogens is 1. The number of benzene rings is 3.